The Kier molecular flexibility index (Phi) is 8.20. The van der Waals surface area contributed by atoms with Gasteiger partial charge >= 0.3 is 12.1 Å². The quantitative estimate of drug-likeness (QED) is 0.596. The standard InChI is InChI=1S/C21H21N3O5/c22-13-17(11-15-7-3-1-4-8-15)23-20(27)18(12-19(25)26)24-21(28)29-14-16-9-5-2-6-10-16/h1-10,17-18H,11-12,14H2,(H,23,27)(H,24,28)(H,25,26). The Hall–Kier alpha value is -3.86. The zero-order valence-electron chi connectivity index (χ0n) is 15.6. The number of benzene rings is 2. The molecule has 0 saturated carbocycles. The van der Waals surface area contributed by atoms with E-state index in [1.807, 2.05) is 42.5 Å². The van der Waals surface area contributed by atoms with E-state index in [1.165, 1.54) is 0 Å². The van der Waals surface area contributed by atoms with E-state index < -0.39 is 36.5 Å². The van der Waals surface area contributed by atoms with Crippen LogP contribution in [-0.2, 0) is 27.4 Å². The molecule has 0 aliphatic rings. The molecule has 2 unspecified atom stereocenters. The predicted molar refractivity (Wildman–Crippen MR) is 103 cm³/mol. The lowest BCUT2D eigenvalue weighted by molar-refractivity contribution is -0.139. The minimum atomic E-state index is -1.37. The number of nitriles is 1. The maximum atomic E-state index is 12.5. The van der Waals surface area contributed by atoms with Crippen molar-refractivity contribution in [3.8, 4) is 6.07 Å². The molecule has 0 aliphatic heterocycles. The Labute approximate surface area is 168 Å². The van der Waals surface area contributed by atoms with Gasteiger partial charge in [-0.15, -0.1) is 0 Å². The highest BCUT2D eigenvalue weighted by molar-refractivity contribution is 5.89. The molecule has 0 aromatic heterocycles. The molecule has 0 radical (unpaired) electrons. The summed E-state index contributed by atoms with van der Waals surface area (Å²) in [6.07, 6.45) is -1.32. The van der Waals surface area contributed by atoms with E-state index >= 15 is 0 Å². The van der Waals surface area contributed by atoms with Crippen LogP contribution in [0, 0.1) is 11.3 Å². The molecule has 0 heterocycles. The predicted octanol–water partition coefficient (Wildman–Crippen LogP) is 2.01. The molecule has 3 N–H and O–H groups in total. The summed E-state index contributed by atoms with van der Waals surface area (Å²) in [7, 11) is 0. The molecule has 8 nitrogen and oxygen atoms in total. The van der Waals surface area contributed by atoms with Gasteiger partial charge in [-0.1, -0.05) is 60.7 Å². The normalized spacial score (nSPS) is 12.1. The molecular weight excluding hydrogens is 374 g/mol. The van der Waals surface area contributed by atoms with Crippen molar-refractivity contribution in [2.75, 3.05) is 0 Å². The lowest BCUT2D eigenvalue weighted by Crippen LogP contribution is -2.50. The van der Waals surface area contributed by atoms with Crippen LogP contribution in [0.5, 0.6) is 0 Å². The number of amides is 2. The number of carbonyl (C=O) groups excluding carboxylic acids is 2. The first-order chi connectivity index (χ1) is 14.0. The summed E-state index contributed by atoms with van der Waals surface area (Å²) in [6.45, 7) is -0.0249. The fraction of sp³-hybridized carbons (Fsp3) is 0.238. The fourth-order valence-electron chi connectivity index (χ4n) is 2.54. The number of hydrogen-bond donors (Lipinski definition) is 3. The Morgan fingerprint density at radius 2 is 1.55 bits per heavy atom. The number of nitrogens with one attached hydrogen (secondary N) is 2. The van der Waals surface area contributed by atoms with E-state index in [0.29, 0.717) is 0 Å². The van der Waals surface area contributed by atoms with Gasteiger partial charge in [0, 0.05) is 6.42 Å². The number of carbonyl (C=O) groups is 3. The molecule has 2 amide bonds. The zero-order valence-corrected chi connectivity index (χ0v) is 15.6. The number of nitrogens with zero attached hydrogens (tertiary/aromatic N) is 1. The van der Waals surface area contributed by atoms with E-state index in [-0.39, 0.29) is 13.0 Å². The van der Waals surface area contributed by atoms with Gasteiger partial charge in [0.1, 0.15) is 18.7 Å². The largest absolute Gasteiger partial charge is 0.481 e. The average molecular weight is 395 g/mol. The third-order valence-electron chi connectivity index (χ3n) is 3.96. The minimum absolute atomic E-state index is 0.0249. The van der Waals surface area contributed by atoms with Crippen LogP contribution in [0.15, 0.2) is 60.7 Å². The summed E-state index contributed by atoms with van der Waals surface area (Å²) in [4.78, 5) is 35.5. The van der Waals surface area contributed by atoms with Gasteiger partial charge in [-0.05, 0) is 11.1 Å². The second-order valence-electron chi connectivity index (χ2n) is 6.24. The van der Waals surface area contributed by atoms with Gasteiger partial charge < -0.3 is 20.5 Å². The van der Waals surface area contributed by atoms with Crippen LogP contribution in [0.1, 0.15) is 17.5 Å². The van der Waals surface area contributed by atoms with Crippen LogP contribution in [-0.4, -0.2) is 35.2 Å². The van der Waals surface area contributed by atoms with Crippen molar-refractivity contribution in [1.29, 1.82) is 5.26 Å². The highest BCUT2D eigenvalue weighted by Gasteiger charge is 2.26. The second-order valence-corrected chi connectivity index (χ2v) is 6.24. The summed E-state index contributed by atoms with van der Waals surface area (Å²) < 4.78 is 5.03. The van der Waals surface area contributed by atoms with Crippen molar-refractivity contribution in [3.05, 3.63) is 71.8 Å². The first-order valence-electron chi connectivity index (χ1n) is 8.91. The Balaban J connectivity index is 1.94. The highest BCUT2D eigenvalue weighted by Crippen LogP contribution is 2.05. The molecule has 0 saturated heterocycles. The van der Waals surface area contributed by atoms with Gasteiger partial charge in [0.15, 0.2) is 0 Å². The molecule has 0 fully saturated rings. The van der Waals surface area contributed by atoms with Crippen molar-refractivity contribution < 1.29 is 24.2 Å². The van der Waals surface area contributed by atoms with Crippen molar-refractivity contribution in [2.45, 2.75) is 31.5 Å². The van der Waals surface area contributed by atoms with Crippen LogP contribution in [0.4, 0.5) is 4.79 Å². The molecular formula is C21H21N3O5. The van der Waals surface area contributed by atoms with Crippen LogP contribution in [0.2, 0.25) is 0 Å². The van der Waals surface area contributed by atoms with E-state index in [9.17, 15) is 19.6 Å². The van der Waals surface area contributed by atoms with Gasteiger partial charge in [-0.3, -0.25) is 9.59 Å². The molecule has 2 rings (SSSR count). The lowest BCUT2D eigenvalue weighted by atomic mass is 10.1. The van der Waals surface area contributed by atoms with E-state index in [2.05, 4.69) is 10.6 Å². The second kappa shape index (κ2) is 11.1. The number of carboxylic acid groups (broad SMARTS) is 1. The van der Waals surface area contributed by atoms with Crippen molar-refractivity contribution in [3.63, 3.8) is 0 Å². The molecule has 2 aromatic rings. The molecule has 0 spiro atoms. The van der Waals surface area contributed by atoms with Crippen LogP contribution < -0.4 is 10.6 Å². The fourth-order valence-corrected chi connectivity index (χ4v) is 2.54. The van der Waals surface area contributed by atoms with Gasteiger partial charge in [-0.2, -0.15) is 5.26 Å². The first-order valence-corrected chi connectivity index (χ1v) is 8.91. The van der Waals surface area contributed by atoms with Crippen LogP contribution >= 0.6 is 0 Å². The molecule has 2 aromatic carbocycles. The maximum Gasteiger partial charge on any atom is 0.408 e. The third kappa shape index (κ3) is 7.72. The van der Waals surface area contributed by atoms with E-state index in [4.69, 9.17) is 9.84 Å². The van der Waals surface area contributed by atoms with Gasteiger partial charge in [0.2, 0.25) is 5.91 Å². The topological polar surface area (TPSA) is 129 Å². The first kappa shape index (κ1) is 21.4. The monoisotopic (exact) mass is 395 g/mol. The summed E-state index contributed by atoms with van der Waals surface area (Å²) in [5.41, 5.74) is 1.58. The Bertz CT molecular complexity index is 865. The molecule has 8 heteroatoms. The molecule has 29 heavy (non-hydrogen) atoms. The van der Waals surface area contributed by atoms with Crippen LogP contribution in [0.25, 0.3) is 0 Å². The number of hydrogen-bond acceptors (Lipinski definition) is 5. The summed E-state index contributed by atoms with van der Waals surface area (Å²) in [5.74, 6) is -2.04. The van der Waals surface area contributed by atoms with Gasteiger partial charge in [0.05, 0.1) is 12.5 Å². The van der Waals surface area contributed by atoms with Gasteiger partial charge in [0.25, 0.3) is 0 Å². The van der Waals surface area contributed by atoms with Crippen molar-refractivity contribution in [2.24, 2.45) is 0 Å². The molecule has 2 atom stereocenters. The number of carboxylic acids is 1. The minimum Gasteiger partial charge on any atom is -0.481 e. The van der Waals surface area contributed by atoms with Crippen molar-refractivity contribution >= 4 is 18.0 Å². The number of ether oxygens (including phenoxy) is 1. The number of alkyl carbamates (subject to hydrolysis) is 1. The maximum absolute atomic E-state index is 12.5. The summed E-state index contributed by atoms with van der Waals surface area (Å²) >= 11 is 0. The highest BCUT2D eigenvalue weighted by atomic mass is 16.5. The summed E-state index contributed by atoms with van der Waals surface area (Å²) in [5, 5.41) is 23.1. The molecule has 0 aliphatic carbocycles. The molecule has 150 valence electrons. The Morgan fingerprint density at radius 3 is 2.10 bits per heavy atom. The van der Waals surface area contributed by atoms with Crippen molar-refractivity contribution in [1.82, 2.24) is 10.6 Å². The number of rotatable bonds is 9. The van der Waals surface area contributed by atoms with Crippen LogP contribution in [0.3, 0.4) is 0 Å². The average Bonchev–Trinajstić information content (AvgIpc) is 2.72. The SMILES string of the molecule is N#CC(Cc1ccccc1)NC(=O)C(CC(=O)O)NC(=O)OCc1ccccc1. The zero-order chi connectivity index (χ0) is 21.1. The number of aliphatic carboxylic acids is 1. The third-order valence-corrected chi connectivity index (χ3v) is 3.96. The summed E-state index contributed by atoms with van der Waals surface area (Å²) in [6, 6.07) is 17.7. The lowest BCUT2D eigenvalue weighted by Gasteiger charge is -2.19. The van der Waals surface area contributed by atoms with E-state index in [0.717, 1.165) is 11.1 Å². The van der Waals surface area contributed by atoms with Gasteiger partial charge in [-0.25, -0.2) is 4.79 Å². The smallest absolute Gasteiger partial charge is 0.408 e. The van der Waals surface area contributed by atoms with E-state index in [1.54, 1.807) is 24.3 Å². The Morgan fingerprint density at radius 1 is 0.966 bits per heavy atom. The molecule has 0 bridgehead atoms.